The number of hydrogen-bond donors (Lipinski definition) is 1. The molecule has 1 heterocycles. The standard InChI is InChI=1S/C9H16N4S/c1-6(7(10)14)13-5-11-8(12-13)9(2,3)4/h5-6H,1-4H3,(H2,10,14). The Morgan fingerprint density at radius 3 is 2.50 bits per heavy atom. The lowest BCUT2D eigenvalue weighted by Crippen LogP contribution is -2.23. The normalized spacial score (nSPS) is 14.0. The molecule has 1 rings (SSSR count). The van der Waals surface area contributed by atoms with Gasteiger partial charge >= 0.3 is 0 Å². The Labute approximate surface area is 89.5 Å². The molecule has 1 unspecified atom stereocenters. The van der Waals surface area contributed by atoms with Gasteiger partial charge in [-0.2, -0.15) is 5.10 Å². The summed E-state index contributed by atoms with van der Waals surface area (Å²) in [4.78, 5) is 4.65. The molecule has 0 saturated carbocycles. The number of thiocarbonyl (C=S) groups is 1. The summed E-state index contributed by atoms with van der Waals surface area (Å²) in [6.07, 6.45) is 1.67. The maximum absolute atomic E-state index is 5.53. The van der Waals surface area contributed by atoms with Crippen LogP contribution < -0.4 is 5.73 Å². The van der Waals surface area contributed by atoms with Gasteiger partial charge in [-0.3, -0.25) is 0 Å². The van der Waals surface area contributed by atoms with Crippen LogP contribution in [0.4, 0.5) is 0 Å². The van der Waals surface area contributed by atoms with E-state index < -0.39 is 0 Å². The molecule has 0 radical (unpaired) electrons. The SMILES string of the molecule is CC(C(N)=S)n1cnc(C(C)(C)C)n1. The fourth-order valence-corrected chi connectivity index (χ4v) is 1.04. The predicted octanol–water partition coefficient (Wildman–Crippen LogP) is 1.42. The van der Waals surface area contributed by atoms with Crippen molar-refractivity contribution in [3.05, 3.63) is 12.2 Å². The van der Waals surface area contributed by atoms with Crippen LogP contribution in [0, 0.1) is 0 Å². The first-order chi connectivity index (χ1) is 6.32. The van der Waals surface area contributed by atoms with Gasteiger partial charge in [-0.15, -0.1) is 0 Å². The van der Waals surface area contributed by atoms with Crippen LogP contribution in [0.1, 0.15) is 39.6 Å². The second-order valence-electron chi connectivity index (χ2n) is 4.38. The monoisotopic (exact) mass is 212 g/mol. The molecule has 0 aromatic carbocycles. The number of aromatic nitrogens is 3. The van der Waals surface area contributed by atoms with Crippen LogP contribution in [0.2, 0.25) is 0 Å². The third kappa shape index (κ3) is 2.29. The van der Waals surface area contributed by atoms with Gasteiger partial charge in [0.2, 0.25) is 0 Å². The minimum Gasteiger partial charge on any atom is -0.392 e. The highest BCUT2D eigenvalue weighted by Gasteiger charge is 2.20. The van der Waals surface area contributed by atoms with E-state index in [0.29, 0.717) is 4.99 Å². The summed E-state index contributed by atoms with van der Waals surface area (Å²) in [5.41, 5.74) is 5.49. The van der Waals surface area contributed by atoms with Crippen LogP contribution >= 0.6 is 12.2 Å². The molecule has 0 fully saturated rings. The topological polar surface area (TPSA) is 56.7 Å². The first-order valence-corrected chi connectivity index (χ1v) is 4.94. The van der Waals surface area contributed by atoms with Crippen molar-refractivity contribution in [1.29, 1.82) is 0 Å². The Bertz CT molecular complexity index is 337. The summed E-state index contributed by atoms with van der Waals surface area (Å²) in [6.45, 7) is 8.11. The Balaban J connectivity index is 2.94. The second-order valence-corrected chi connectivity index (χ2v) is 4.85. The molecule has 5 heteroatoms. The largest absolute Gasteiger partial charge is 0.392 e. The van der Waals surface area contributed by atoms with E-state index in [9.17, 15) is 0 Å². The highest BCUT2D eigenvalue weighted by atomic mass is 32.1. The van der Waals surface area contributed by atoms with Crippen molar-refractivity contribution in [1.82, 2.24) is 14.8 Å². The summed E-state index contributed by atoms with van der Waals surface area (Å²) in [5, 5.41) is 4.34. The lowest BCUT2D eigenvalue weighted by Gasteiger charge is -2.13. The van der Waals surface area contributed by atoms with Gasteiger partial charge in [-0.25, -0.2) is 9.67 Å². The first-order valence-electron chi connectivity index (χ1n) is 4.53. The molecule has 0 aliphatic carbocycles. The van der Waals surface area contributed by atoms with E-state index in [0.717, 1.165) is 5.82 Å². The van der Waals surface area contributed by atoms with Gasteiger partial charge in [0.1, 0.15) is 12.4 Å². The highest BCUT2D eigenvalue weighted by Crippen LogP contribution is 2.18. The van der Waals surface area contributed by atoms with Crippen molar-refractivity contribution < 1.29 is 0 Å². The van der Waals surface area contributed by atoms with Gasteiger partial charge in [0.15, 0.2) is 5.82 Å². The number of nitrogens with two attached hydrogens (primary N) is 1. The molecule has 2 N–H and O–H groups in total. The van der Waals surface area contributed by atoms with Crippen LogP contribution in [-0.4, -0.2) is 19.8 Å². The zero-order valence-corrected chi connectivity index (χ0v) is 9.80. The Morgan fingerprint density at radius 2 is 2.14 bits per heavy atom. The summed E-state index contributed by atoms with van der Waals surface area (Å²) in [7, 11) is 0. The summed E-state index contributed by atoms with van der Waals surface area (Å²) >= 11 is 4.89. The third-order valence-corrected chi connectivity index (χ3v) is 2.33. The second kappa shape index (κ2) is 3.65. The maximum Gasteiger partial charge on any atom is 0.155 e. The average Bonchev–Trinajstić information content (AvgIpc) is 2.49. The lowest BCUT2D eigenvalue weighted by molar-refractivity contribution is 0.522. The molecule has 0 saturated heterocycles. The van der Waals surface area contributed by atoms with Gasteiger partial charge in [0.05, 0.1) is 4.99 Å². The van der Waals surface area contributed by atoms with Crippen molar-refractivity contribution in [2.24, 2.45) is 5.73 Å². The number of nitrogens with zero attached hydrogens (tertiary/aromatic N) is 3. The van der Waals surface area contributed by atoms with Crippen molar-refractivity contribution in [2.75, 3.05) is 0 Å². The van der Waals surface area contributed by atoms with Crippen molar-refractivity contribution in [3.63, 3.8) is 0 Å². The van der Waals surface area contributed by atoms with E-state index in [1.54, 1.807) is 11.0 Å². The molecule has 1 aromatic heterocycles. The van der Waals surface area contributed by atoms with E-state index in [4.69, 9.17) is 18.0 Å². The van der Waals surface area contributed by atoms with Crippen LogP contribution in [-0.2, 0) is 5.41 Å². The highest BCUT2D eigenvalue weighted by molar-refractivity contribution is 7.80. The molecule has 0 aliphatic rings. The van der Waals surface area contributed by atoms with E-state index in [-0.39, 0.29) is 11.5 Å². The molecular weight excluding hydrogens is 196 g/mol. The molecule has 4 nitrogen and oxygen atoms in total. The zero-order valence-electron chi connectivity index (χ0n) is 8.98. The molecule has 0 bridgehead atoms. The minimum absolute atomic E-state index is 0.0405. The molecule has 0 aliphatic heterocycles. The van der Waals surface area contributed by atoms with Crippen molar-refractivity contribution >= 4 is 17.2 Å². The number of hydrogen-bond acceptors (Lipinski definition) is 3. The fraction of sp³-hybridized carbons (Fsp3) is 0.667. The van der Waals surface area contributed by atoms with Gasteiger partial charge in [-0.05, 0) is 6.92 Å². The Morgan fingerprint density at radius 1 is 1.57 bits per heavy atom. The molecule has 78 valence electrons. The van der Waals surface area contributed by atoms with Crippen LogP contribution in [0.3, 0.4) is 0 Å². The van der Waals surface area contributed by atoms with E-state index in [2.05, 4.69) is 30.9 Å². The molecule has 0 amide bonds. The quantitative estimate of drug-likeness (QED) is 0.753. The lowest BCUT2D eigenvalue weighted by atomic mass is 9.96. The molecule has 14 heavy (non-hydrogen) atoms. The Hall–Kier alpha value is -0.970. The van der Waals surface area contributed by atoms with Gasteiger partial charge < -0.3 is 5.73 Å². The van der Waals surface area contributed by atoms with Crippen LogP contribution in [0.15, 0.2) is 6.33 Å². The number of rotatable bonds is 2. The molecule has 0 spiro atoms. The maximum atomic E-state index is 5.53. The molecule has 1 aromatic rings. The van der Waals surface area contributed by atoms with E-state index in [1.807, 2.05) is 6.92 Å². The van der Waals surface area contributed by atoms with Crippen LogP contribution in [0.25, 0.3) is 0 Å². The minimum atomic E-state index is -0.0754. The van der Waals surface area contributed by atoms with E-state index >= 15 is 0 Å². The van der Waals surface area contributed by atoms with Gasteiger partial charge in [0.25, 0.3) is 0 Å². The summed E-state index contributed by atoms with van der Waals surface area (Å²) in [6, 6.07) is -0.0754. The van der Waals surface area contributed by atoms with Crippen molar-refractivity contribution in [3.8, 4) is 0 Å². The van der Waals surface area contributed by atoms with E-state index in [1.165, 1.54) is 0 Å². The van der Waals surface area contributed by atoms with Gasteiger partial charge in [0, 0.05) is 5.41 Å². The van der Waals surface area contributed by atoms with Crippen molar-refractivity contribution in [2.45, 2.75) is 39.2 Å². The molecular formula is C9H16N4S. The van der Waals surface area contributed by atoms with Crippen LogP contribution in [0.5, 0.6) is 0 Å². The zero-order chi connectivity index (χ0) is 10.9. The summed E-state index contributed by atoms with van der Waals surface area (Å²) in [5.74, 6) is 0.806. The Kier molecular flexibility index (Phi) is 2.89. The first kappa shape index (κ1) is 11.1. The van der Waals surface area contributed by atoms with Gasteiger partial charge in [-0.1, -0.05) is 33.0 Å². The predicted molar refractivity (Wildman–Crippen MR) is 60.2 cm³/mol. The third-order valence-electron chi connectivity index (χ3n) is 1.99. The fourth-order valence-electron chi connectivity index (χ4n) is 0.935. The molecule has 1 atom stereocenters. The average molecular weight is 212 g/mol. The smallest absolute Gasteiger partial charge is 0.155 e. The summed E-state index contributed by atoms with van der Waals surface area (Å²) < 4.78 is 1.70.